The summed E-state index contributed by atoms with van der Waals surface area (Å²) >= 11 is 10.8. The van der Waals surface area contributed by atoms with Crippen molar-refractivity contribution >= 4 is 34.7 Å². The van der Waals surface area contributed by atoms with Crippen LogP contribution in [0.15, 0.2) is 18.2 Å². The molecule has 1 unspecified atom stereocenters. The number of aromatic hydroxyl groups is 1. The molecule has 1 amide bonds. The number of phenols is 1. The van der Waals surface area contributed by atoms with Gasteiger partial charge >= 0.3 is 0 Å². The highest BCUT2D eigenvalue weighted by Gasteiger charge is 2.21. The Balaban J connectivity index is 2.94. The molecule has 0 radical (unpaired) electrons. The highest BCUT2D eigenvalue weighted by molar-refractivity contribution is 7.80. The van der Waals surface area contributed by atoms with Crippen LogP contribution < -0.4 is 11.1 Å². The molecule has 0 fully saturated rings. The Hall–Kier alpha value is -1.33. The largest absolute Gasteiger partial charge is 0.508 e. The molecule has 0 saturated heterocycles. The number of phenolic OH excluding ortho intramolecular Hbond substituents is 1. The van der Waals surface area contributed by atoms with E-state index >= 15 is 0 Å². The molecule has 0 bridgehead atoms. The first-order valence-electron chi connectivity index (χ1n) is 5.41. The van der Waals surface area contributed by atoms with Gasteiger partial charge in [-0.3, -0.25) is 4.79 Å². The highest BCUT2D eigenvalue weighted by atomic mass is 35.5. The first kappa shape index (κ1) is 14.7. The molecule has 0 heterocycles. The normalized spacial score (nSPS) is 12.2. The lowest BCUT2D eigenvalue weighted by molar-refractivity contribution is 0.0939. The topological polar surface area (TPSA) is 75.3 Å². The summed E-state index contributed by atoms with van der Waals surface area (Å²) in [5, 5.41) is 12.3. The number of nitrogens with two attached hydrogens (primary N) is 1. The van der Waals surface area contributed by atoms with Crippen LogP contribution in [0, 0.1) is 5.92 Å². The fourth-order valence-electron chi connectivity index (χ4n) is 1.47. The van der Waals surface area contributed by atoms with Crippen LogP contribution in [-0.4, -0.2) is 22.0 Å². The minimum absolute atomic E-state index is 0.0269. The summed E-state index contributed by atoms with van der Waals surface area (Å²) in [7, 11) is 0. The monoisotopic (exact) mass is 286 g/mol. The Kier molecular flexibility index (Phi) is 4.93. The molecule has 1 aromatic carbocycles. The molecule has 0 aliphatic heterocycles. The van der Waals surface area contributed by atoms with E-state index < -0.39 is 11.9 Å². The number of hydrogen-bond donors (Lipinski definition) is 3. The van der Waals surface area contributed by atoms with Crippen molar-refractivity contribution in [2.45, 2.75) is 19.9 Å². The van der Waals surface area contributed by atoms with E-state index in [1.807, 2.05) is 13.8 Å². The van der Waals surface area contributed by atoms with Gasteiger partial charge in [0.25, 0.3) is 5.91 Å². The minimum atomic E-state index is -0.414. The number of benzene rings is 1. The zero-order valence-corrected chi connectivity index (χ0v) is 11.7. The van der Waals surface area contributed by atoms with Gasteiger partial charge in [-0.25, -0.2) is 0 Å². The maximum Gasteiger partial charge on any atom is 0.253 e. The van der Waals surface area contributed by atoms with E-state index in [0.29, 0.717) is 0 Å². The van der Waals surface area contributed by atoms with Gasteiger partial charge in [-0.1, -0.05) is 37.7 Å². The number of amides is 1. The SMILES string of the molecule is CC(C)C(NC(=O)c1cc(O)ccc1Cl)C(N)=S. The quantitative estimate of drug-likeness (QED) is 0.741. The first-order chi connectivity index (χ1) is 8.32. The maximum absolute atomic E-state index is 12.0. The molecule has 4 N–H and O–H groups in total. The van der Waals surface area contributed by atoms with Crippen molar-refractivity contribution in [3.63, 3.8) is 0 Å². The molecule has 6 heteroatoms. The van der Waals surface area contributed by atoms with Crippen molar-refractivity contribution in [2.24, 2.45) is 11.7 Å². The number of halogens is 1. The van der Waals surface area contributed by atoms with Crippen molar-refractivity contribution in [1.29, 1.82) is 0 Å². The van der Waals surface area contributed by atoms with Crippen LogP contribution in [0.4, 0.5) is 0 Å². The Labute approximate surface area is 116 Å². The number of carbonyl (C=O) groups excluding carboxylic acids is 1. The lowest BCUT2D eigenvalue weighted by Gasteiger charge is -2.21. The highest BCUT2D eigenvalue weighted by Crippen LogP contribution is 2.21. The summed E-state index contributed by atoms with van der Waals surface area (Å²) in [6, 6.07) is 3.75. The lowest BCUT2D eigenvalue weighted by atomic mass is 10.0. The number of rotatable bonds is 4. The number of thiocarbonyl (C=S) groups is 1. The molecular formula is C12H15ClN2O2S. The van der Waals surface area contributed by atoms with Gasteiger partial charge in [0.05, 0.1) is 21.6 Å². The van der Waals surface area contributed by atoms with Crippen LogP contribution in [0.5, 0.6) is 5.75 Å². The molecule has 18 heavy (non-hydrogen) atoms. The van der Waals surface area contributed by atoms with Crippen LogP contribution in [-0.2, 0) is 0 Å². The molecule has 1 aromatic rings. The van der Waals surface area contributed by atoms with E-state index in [9.17, 15) is 9.90 Å². The van der Waals surface area contributed by atoms with Gasteiger partial charge in [-0.05, 0) is 24.1 Å². The van der Waals surface area contributed by atoms with Crippen molar-refractivity contribution in [1.82, 2.24) is 5.32 Å². The lowest BCUT2D eigenvalue weighted by Crippen LogP contribution is -2.46. The third-order valence-corrected chi connectivity index (χ3v) is 3.04. The molecule has 1 rings (SSSR count). The molecule has 0 aromatic heterocycles. The molecule has 0 aliphatic rings. The van der Waals surface area contributed by atoms with Crippen molar-refractivity contribution in [3.05, 3.63) is 28.8 Å². The van der Waals surface area contributed by atoms with E-state index in [2.05, 4.69) is 5.32 Å². The summed E-state index contributed by atoms with van der Waals surface area (Å²) in [4.78, 5) is 12.2. The maximum atomic E-state index is 12.0. The van der Waals surface area contributed by atoms with E-state index in [0.717, 1.165) is 0 Å². The summed E-state index contributed by atoms with van der Waals surface area (Å²) in [6.45, 7) is 3.79. The number of nitrogens with one attached hydrogen (secondary N) is 1. The Morgan fingerprint density at radius 2 is 2.11 bits per heavy atom. The van der Waals surface area contributed by atoms with Gasteiger partial charge in [-0.2, -0.15) is 0 Å². The Bertz CT molecular complexity index is 477. The first-order valence-corrected chi connectivity index (χ1v) is 6.20. The van der Waals surface area contributed by atoms with E-state index in [1.54, 1.807) is 0 Å². The van der Waals surface area contributed by atoms with E-state index in [4.69, 9.17) is 29.6 Å². The van der Waals surface area contributed by atoms with Gasteiger partial charge in [0.1, 0.15) is 5.75 Å². The van der Waals surface area contributed by atoms with Crippen LogP contribution >= 0.6 is 23.8 Å². The third kappa shape index (κ3) is 3.58. The van der Waals surface area contributed by atoms with Crippen LogP contribution in [0.2, 0.25) is 5.02 Å². The van der Waals surface area contributed by atoms with Crippen LogP contribution in [0.3, 0.4) is 0 Å². The molecule has 0 spiro atoms. The van der Waals surface area contributed by atoms with Crippen LogP contribution in [0.1, 0.15) is 24.2 Å². The van der Waals surface area contributed by atoms with Crippen molar-refractivity contribution < 1.29 is 9.90 Å². The molecule has 0 saturated carbocycles. The predicted octanol–water partition coefficient (Wildman–Crippen LogP) is 2.09. The van der Waals surface area contributed by atoms with Gasteiger partial charge in [0.2, 0.25) is 0 Å². The molecule has 98 valence electrons. The second-order valence-corrected chi connectivity index (χ2v) is 5.14. The Morgan fingerprint density at radius 3 is 2.61 bits per heavy atom. The van der Waals surface area contributed by atoms with E-state index in [-0.39, 0.29) is 27.2 Å². The Morgan fingerprint density at radius 1 is 1.50 bits per heavy atom. The standard InChI is InChI=1S/C12H15ClN2O2S/c1-6(2)10(11(14)18)15-12(17)8-5-7(16)3-4-9(8)13/h3-6,10,16H,1-2H3,(H2,14,18)(H,15,17). The fourth-order valence-corrected chi connectivity index (χ4v) is 2.01. The molecular weight excluding hydrogens is 272 g/mol. The zero-order valence-electron chi connectivity index (χ0n) is 10.1. The summed E-state index contributed by atoms with van der Waals surface area (Å²) in [5.41, 5.74) is 5.76. The number of carbonyl (C=O) groups is 1. The molecule has 1 atom stereocenters. The zero-order chi connectivity index (χ0) is 13.9. The smallest absolute Gasteiger partial charge is 0.253 e. The summed E-state index contributed by atoms with van der Waals surface area (Å²) in [6.07, 6.45) is 0. The van der Waals surface area contributed by atoms with Gasteiger partial charge < -0.3 is 16.2 Å². The molecule has 4 nitrogen and oxygen atoms in total. The van der Waals surface area contributed by atoms with Crippen LogP contribution in [0.25, 0.3) is 0 Å². The average Bonchev–Trinajstić information content (AvgIpc) is 2.28. The van der Waals surface area contributed by atoms with Gasteiger partial charge in [-0.15, -0.1) is 0 Å². The molecule has 0 aliphatic carbocycles. The van der Waals surface area contributed by atoms with Crippen molar-refractivity contribution in [2.75, 3.05) is 0 Å². The van der Waals surface area contributed by atoms with Gasteiger partial charge in [0, 0.05) is 0 Å². The minimum Gasteiger partial charge on any atom is -0.508 e. The summed E-state index contributed by atoms with van der Waals surface area (Å²) < 4.78 is 0. The van der Waals surface area contributed by atoms with Gasteiger partial charge in [0.15, 0.2) is 0 Å². The summed E-state index contributed by atoms with van der Waals surface area (Å²) in [5.74, 6) is -0.370. The van der Waals surface area contributed by atoms with E-state index in [1.165, 1.54) is 18.2 Å². The second-order valence-electron chi connectivity index (χ2n) is 4.26. The number of hydrogen-bond acceptors (Lipinski definition) is 3. The predicted molar refractivity (Wildman–Crippen MR) is 76.0 cm³/mol. The second kappa shape index (κ2) is 6.02. The average molecular weight is 287 g/mol. The fraction of sp³-hybridized carbons (Fsp3) is 0.333. The van der Waals surface area contributed by atoms with Crippen molar-refractivity contribution in [3.8, 4) is 5.75 Å². The third-order valence-electron chi connectivity index (χ3n) is 2.45.